The molecule has 2 aliphatic rings. The number of sulfonamides is 1. The van der Waals surface area contributed by atoms with Gasteiger partial charge >= 0.3 is 12.1 Å². The van der Waals surface area contributed by atoms with E-state index in [1.54, 1.807) is 69.4 Å². The van der Waals surface area contributed by atoms with Crippen LogP contribution in [0.4, 0.5) is 4.79 Å². The van der Waals surface area contributed by atoms with Crippen molar-refractivity contribution < 1.29 is 32.3 Å². The zero-order valence-electron chi connectivity index (χ0n) is 24.3. The van der Waals surface area contributed by atoms with Gasteiger partial charge in [0.2, 0.25) is 15.9 Å². The van der Waals surface area contributed by atoms with Crippen molar-refractivity contribution in [2.45, 2.75) is 69.5 Å². The van der Waals surface area contributed by atoms with E-state index in [-0.39, 0.29) is 17.9 Å². The number of carbonyl (C=O) groups is 3. The van der Waals surface area contributed by atoms with E-state index in [4.69, 9.17) is 9.47 Å². The van der Waals surface area contributed by atoms with Gasteiger partial charge in [-0.05, 0) is 76.4 Å². The van der Waals surface area contributed by atoms with Gasteiger partial charge in [0.25, 0.3) is 0 Å². The van der Waals surface area contributed by atoms with Crippen molar-refractivity contribution in [3.8, 4) is 5.75 Å². The Morgan fingerprint density at radius 2 is 1.71 bits per heavy atom. The van der Waals surface area contributed by atoms with Gasteiger partial charge < -0.3 is 14.8 Å². The van der Waals surface area contributed by atoms with Crippen LogP contribution < -0.4 is 10.1 Å². The van der Waals surface area contributed by atoms with Crippen LogP contribution in [-0.4, -0.2) is 66.4 Å². The van der Waals surface area contributed by atoms with E-state index in [1.165, 1.54) is 21.3 Å². The van der Waals surface area contributed by atoms with Gasteiger partial charge in [0.05, 0.1) is 4.90 Å². The average Bonchev–Trinajstić information content (AvgIpc) is 3.45. The number of aryl methyl sites for hydroxylation is 1. The van der Waals surface area contributed by atoms with Crippen LogP contribution in [0.3, 0.4) is 0 Å². The third-order valence-corrected chi connectivity index (χ3v) is 8.68. The molecule has 1 N–H and O–H groups in total. The highest BCUT2D eigenvalue weighted by atomic mass is 32.2. The molecule has 10 nitrogen and oxygen atoms in total. The molecule has 2 heterocycles. The van der Waals surface area contributed by atoms with Gasteiger partial charge in [-0.2, -0.15) is 4.31 Å². The molecule has 0 bridgehead atoms. The fourth-order valence-corrected chi connectivity index (χ4v) is 6.32. The van der Waals surface area contributed by atoms with Crippen LogP contribution in [0.5, 0.6) is 5.75 Å². The number of hydrogen-bond donors (Lipinski definition) is 1. The second-order valence-electron chi connectivity index (χ2n) is 11.3. The predicted octanol–water partition coefficient (Wildman–Crippen LogP) is 4.10. The van der Waals surface area contributed by atoms with Gasteiger partial charge in [-0.1, -0.05) is 42.0 Å². The largest absolute Gasteiger partial charge is 0.458 e. The first-order valence-electron chi connectivity index (χ1n) is 13.9. The fourth-order valence-electron chi connectivity index (χ4n) is 4.66. The van der Waals surface area contributed by atoms with Crippen LogP contribution in [0.15, 0.2) is 77.9 Å². The Morgan fingerprint density at radius 1 is 1.02 bits per heavy atom. The number of esters is 1. The normalized spacial score (nSPS) is 18.0. The summed E-state index contributed by atoms with van der Waals surface area (Å²) in [5.74, 6) is -0.872. The van der Waals surface area contributed by atoms with Crippen molar-refractivity contribution in [1.82, 2.24) is 14.5 Å². The zero-order valence-corrected chi connectivity index (χ0v) is 25.1. The molecule has 2 aromatic rings. The summed E-state index contributed by atoms with van der Waals surface area (Å²) in [7, 11) is -3.91. The molecule has 0 unspecified atom stereocenters. The molecule has 4 rings (SSSR count). The Bertz CT molecular complexity index is 1460. The highest BCUT2D eigenvalue weighted by molar-refractivity contribution is 7.89. The lowest BCUT2D eigenvalue weighted by molar-refractivity contribution is -0.158. The summed E-state index contributed by atoms with van der Waals surface area (Å²) >= 11 is 0. The Hall–Kier alpha value is -3.96. The molecule has 1 fully saturated rings. The fraction of sp³-hybridized carbons (Fsp3) is 0.387. The first-order chi connectivity index (χ1) is 19.8. The van der Waals surface area contributed by atoms with Crippen molar-refractivity contribution in [2.75, 3.05) is 13.1 Å². The predicted molar refractivity (Wildman–Crippen MR) is 157 cm³/mol. The lowest BCUT2D eigenvalue weighted by atomic mass is 10.0. The smallest absolute Gasteiger partial charge is 0.419 e. The van der Waals surface area contributed by atoms with Crippen LogP contribution in [-0.2, 0) is 30.8 Å². The van der Waals surface area contributed by atoms with Crippen molar-refractivity contribution in [1.29, 1.82) is 0 Å². The molecule has 2 atom stereocenters. The molecule has 0 radical (unpaired) electrons. The third kappa shape index (κ3) is 7.86. The minimum absolute atomic E-state index is 0.0893. The summed E-state index contributed by atoms with van der Waals surface area (Å²) in [5, 5.41) is 2.76. The van der Waals surface area contributed by atoms with E-state index in [2.05, 4.69) is 5.32 Å². The maximum absolute atomic E-state index is 13.5. The number of ether oxygens (including phenoxy) is 2. The van der Waals surface area contributed by atoms with Gasteiger partial charge in [0.1, 0.15) is 23.4 Å². The summed E-state index contributed by atoms with van der Waals surface area (Å²) in [4.78, 5) is 40.6. The molecule has 2 aromatic carbocycles. The van der Waals surface area contributed by atoms with Crippen molar-refractivity contribution in [2.24, 2.45) is 0 Å². The summed E-state index contributed by atoms with van der Waals surface area (Å²) in [6, 6.07) is 11.1. The molecule has 0 aliphatic carbocycles. The Kier molecular flexibility index (Phi) is 9.53. The number of amides is 2. The second-order valence-corrected chi connectivity index (χ2v) is 13.2. The van der Waals surface area contributed by atoms with Gasteiger partial charge in [-0.15, -0.1) is 0 Å². The van der Waals surface area contributed by atoms with E-state index < -0.39 is 45.7 Å². The topological polar surface area (TPSA) is 122 Å². The summed E-state index contributed by atoms with van der Waals surface area (Å²) in [6.45, 7) is 7.67. The van der Waals surface area contributed by atoms with Crippen molar-refractivity contribution in [3.63, 3.8) is 0 Å². The number of rotatable bonds is 8. The molecule has 224 valence electrons. The van der Waals surface area contributed by atoms with Crippen LogP contribution in [0.25, 0.3) is 0 Å². The molecular weight excluding hydrogens is 558 g/mol. The molecule has 2 aliphatic heterocycles. The Morgan fingerprint density at radius 3 is 2.33 bits per heavy atom. The lowest BCUT2D eigenvalue weighted by Crippen LogP contribution is -2.52. The van der Waals surface area contributed by atoms with E-state index in [0.717, 1.165) is 5.56 Å². The van der Waals surface area contributed by atoms with Gasteiger partial charge in [-0.25, -0.2) is 18.0 Å². The number of benzene rings is 2. The maximum atomic E-state index is 13.5. The van der Waals surface area contributed by atoms with Gasteiger partial charge in [0, 0.05) is 25.7 Å². The highest BCUT2D eigenvalue weighted by Gasteiger charge is 2.41. The standard InChI is InChI=1S/C31H37N3O7S/c1-22-10-16-25(17-11-22)42(38,39)34-20-8-9-27(34)28(35)32-26(29(36)41-31(2,3)4)21-23-12-14-24(15-13-23)40-30(37)33-18-6-5-7-19-33/h5-7,10-18,26-27H,8-9,19-21H2,1-4H3,(H,32,35)/t26-,27-/m0/s1. The third-order valence-electron chi connectivity index (χ3n) is 6.76. The van der Waals surface area contributed by atoms with Crippen LogP contribution in [0.1, 0.15) is 44.7 Å². The second kappa shape index (κ2) is 12.9. The molecule has 2 amide bonds. The van der Waals surface area contributed by atoms with Crippen molar-refractivity contribution in [3.05, 3.63) is 84.1 Å². The van der Waals surface area contributed by atoms with Gasteiger partial charge in [0.15, 0.2) is 0 Å². The molecule has 1 saturated heterocycles. The molecule has 42 heavy (non-hydrogen) atoms. The summed E-state index contributed by atoms with van der Waals surface area (Å²) in [5.41, 5.74) is 0.805. The van der Waals surface area contributed by atoms with Gasteiger partial charge in [-0.3, -0.25) is 9.69 Å². The zero-order chi connectivity index (χ0) is 30.5. The monoisotopic (exact) mass is 595 g/mol. The Balaban J connectivity index is 1.48. The minimum Gasteiger partial charge on any atom is -0.458 e. The number of carbonyl (C=O) groups excluding carboxylic acids is 3. The first-order valence-corrected chi connectivity index (χ1v) is 15.3. The summed E-state index contributed by atoms with van der Waals surface area (Å²) < 4.78 is 39.0. The molecule has 0 saturated carbocycles. The first kappa shape index (κ1) is 31.0. The number of nitrogens with one attached hydrogen (secondary N) is 1. The number of nitrogens with zero attached hydrogens (tertiary/aromatic N) is 2. The highest BCUT2D eigenvalue weighted by Crippen LogP contribution is 2.27. The lowest BCUT2D eigenvalue weighted by Gasteiger charge is -2.28. The van der Waals surface area contributed by atoms with E-state index in [0.29, 0.717) is 30.7 Å². The van der Waals surface area contributed by atoms with E-state index in [1.807, 2.05) is 19.1 Å². The molecular formula is C31H37N3O7S. The number of allylic oxidation sites excluding steroid dienone is 2. The number of hydrogen-bond acceptors (Lipinski definition) is 7. The minimum atomic E-state index is -3.91. The average molecular weight is 596 g/mol. The molecule has 11 heteroatoms. The summed E-state index contributed by atoms with van der Waals surface area (Å²) in [6.07, 6.45) is 7.45. The Labute approximate surface area is 247 Å². The van der Waals surface area contributed by atoms with E-state index >= 15 is 0 Å². The molecule has 0 aromatic heterocycles. The quantitative estimate of drug-likeness (QED) is 0.456. The molecule has 0 spiro atoms. The van der Waals surface area contributed by atoms with Crippen molar-refractivity contribution >= 4 is 28.0 Å². The van der Waals surface area contributed by atoms with Crippen LogP contribution in [0.2, 0.25) is 0 Å². The van der Waals surface area contributed by atoms with Crippen LogP contribution >= 0.6 is 0 Å². The van der Waals surface area contributed by atoms with E-state index in [9.17, 15) is 22.8 Å². The van der Waals surface area contributed by atoms with Crippen LogP contribution in [0, 0.1) is 6.92 Å². The SMILES string of the molecule is Cc1ccc(S(=O)(=O)N2CCC[C@H]2C(=O)N[C@@H](Cc2ccc(OC(=O)N3C=CC=CC3)cc2)C(=O)OC(C)(C)C)cc1. The maximum Gasteiger partial charge on any atom is 0.419 e.